The second kappa shape index (κ2) is 7.81. The Kier molecular flexibility index (Phi) is 4.73. The fourth-order valence-electron chi connectivity index (χ4n) is 4.92. The number of rotatable bonds is 3. The number of nitrogens with zero attached hydrogens (tertiary/aromatic N) is 4. The normalized spacial score (nSPS) is 16.3. The first-order chi connectivity index (χ1) is 16.5. The van der Waals surface area contributed by atoms with Crippen molar-refractivity contribution >= 4 is 11.2 Å². The van der Waals surface area contributed by atoms with Crippen LogP contribution >= 0.6 is 0 Å². The highest BCUT2D eigenvalue weighted by Gasteiger charge is 2.30. The molecule has 34 heavy (non-hydrogen) atoms. The van der Waals surface area contributed by atoms with E-state index in [9.17, 15) is 9.65 Å². The van der Waals surface area contributed by atoms with Crippen molar-refractivity contribution in [2.45, 2.75) is 45.6 Å². The standard InChI is InChI=1S/C28H23FN4O/c1-16(14-30)26-22-7-3-18(11-20(22)15-34-25-13-21(29)6-8-23(25)26)12-24-27(19-4-5-19)32-28-17(2)31-9-10-33(24)28/h3,6-11,13,19H,4-5,12,15H2,1-2H3/b26-16+. The van der Waals surface area contributed by atoms with E-state index < -0.39 is 0 Å². The molecule has 6 rings (SSSR count). The topological polar surface area (TPSA) is 63.2 Å². The quantitative estimate of drug-likeness (QED) is 0.366. The molecular weight excluding hydrogens is 427 g/mol. The minimum absolute atomic E-state index is 0.313. The van der Waals surface area contributed by atoms with Crippen LogP contribution in [0.2, 0.25) is 0 Å². The molecule has 2 aliphatic rings. The van der Waals surface area contributed by atoms with E-state index in [2.05, 4.69) is 33.7 Å². The zero-order valence-electron chi connectivity index (χ0n) is 19.1. The van der Waals surface area contributed by atoms with E-state index in [1.54, 1.807) is 13.0 Å². The van der Waals surface area contributed by atoms with Crippen LogP contribution in [-0.4, -0.2) is 14.4 Å². The maximum Gasteiger partial charge on any atom is 0.158 e. The van der Waals surface area contributed by atoms with E-state index in [-0.39, 0.29) is 5.82 Å². The molecule has 0 amide bonds. The molecule has 1 saturated carbocycles. The number of allylic oxidation sites excluding steroid dienone is 1. The van der Waals surface area contributed by atoms with Crippen molar-refractivity contribution in [3.05, 3.63) is 99.5 Å². The first-order valence-electron chi connectivity index (χ1n) is 11.5. The minimum Gasteiger partial charge on any atom is -0.488 e. The fraction of sp³-hybridized carbons (Fsp3) is 0.250. The van der Waals surface area contributed by atoms with Crippen LogP contribution in [0.4, 0.5) is 4.39 Å². The monoisotopic (exact) mass is 450 g/mol. The summed E-state index contributed by atoms with van der Waals surface area (Å²) in [5.41, 5.74) is 9.42. The van der Waals surface area contributed by atoms with Gasteiger partial charge < -0.3 is 9.14 Å². The third kappa shape index (κ3) is 3.36. The molecule has 1 aliphatic heterocycles. The highest BCUT2D eigenvalue weighted by Crippen LogP contribution is 2.43. The Bertz CT molecular complexity index is 1540. The average Bonchev–Trinajstić information content (AvgIpc) is 3.63. The summed E-state index contributed by atoms with van der Waals surface area (Å²) in [6, 6.07) is 13.1. The van der Waals surface area contributed by atoms with Gasteiger partial charge >= 0.3 is 0 Å². The Labute approximate surface area is 197 Å². The Morgan fingerprint density at radius 3 is 2.82 bits per heavy atom. The van der Waals surface area contributed by atoms with Crippen molar-refractivity contribution in [1.82, 2.24) is 14.4 Å². The van der Waals surface area contributed by atoms with Gasteiger partial charge in [-0.25, -0.2) is 9.37 Å². The van der Waals surface area contributed by atoms with Gasteiger partial charge in [-0.15, -0.1) is 0 Å². The molecule has 6 heteroatoms. The highest BCUT2D eigenvalue weighted by atomic mass is 19.1. The van der Waals surface area contributed by atoms with Gasteiger partial charge in [0.05, 0.1) is 23.2 Å². The molecule has 5 nitrogen and oxygen atoms in total. The molecule has 2 aromatic carbocycles. The molecular formula is C28H23FN4O. The fourth-order valence-corrected chi connectivity index (χ4v) is 4.92. The van der Waals surface area contributed by atoms with Gasteiger partial charge in [0, 0.05) is 47.5 Å². The largest absolute Gasteiger partial charge is 0.488 e. The van der Waals surface area contributed by atoms with Gasteiger partial charge in [0.25, 0.3) is 0 Å². The smallest absolute Gasteiger partial charge is 0.158 e. The minimum atomic E-state index is -0.357. The first kappa shape index (κ1) is 20.6. The first-order valence-corrected chi connectivity index (χ1v) is 11.5. The van der Waals surface area contributed by atoms with Gasteiger partial charge in [0.2, 0.25) is 0 Å². The molecule has 0 bridgehead atoms. The van der Waals surface area contributed by atoms with Gasteiger partial charge in [-0.2, -0.15) is 5.26 Å². The average molecular weight is 451 g/mol. The lowest BCUT2D eigenvalue weighted by atomic mass is 9.89. The van der Waals surface area contributed by atoms with E-state index in [1.165, 1.54) is 36.4 Å². The Morgan fingerprint density at radius 1 is 1.21 bits per heavy atom. The number of imidazole rings is 1. The van der Waals surface area contributed by atoms with E-state index in [0.29, 0.717) is 23.8 Å². The van der Waals surface area contributed by atoms with Gasteiger partial charge in [-0.05, 0) is 55.5 Å². The van der Waals surface area contributed by atoms with Crippen LogP contribution < -0.4 is 4.74 Å². The summed E-state index contributed by atoms with van der Waals surface area (Å²) >= 11 is 0. The van der Waals surface area contributed by atoms with Gasteiger partial charge in [-0.3, -0.25) is 4.98 Å². The van der Waals surface area contributed by atoms with Crippen LogP contribution in [0.15, 0.2) is 54.4 Å². The molecule has 0 radical (unpaired) electrons. The summed E-state index contributed by atoms with van der Waals surface area (Å²) in [7, 11) is 0. The van der Waals surface area contributed by atoms with Crippen molar-refractivity contribution in [2.24, 2.45) is 0 Å². The summed E-state index contributed by atoms with van der Waals surface area (Å²) < 4.78 is 22.1. The lowest BCUT2D eigenvalue weighted by Gasteiger charge is -2.13. The van der Waals surface area contributed by atoms with Crippen molar-refractivity contribution in [1.29, 1.82) is 5.26 Å². The van der Waals surface area contributed by atoms with Crippen LogP contribution in [0, 0.1) is 24.1 Å². The summed E-state index contributed by atoms with van der Waals surface area (Å²) in [6.45, 7) is 4.10. The van der Waals surface area contributed by atoms with Crippen LogP contribution in [0.3, 0.4) is 0 Å². The zero-order chi connectivity index (χ0) is 23.4. The number of benzene rings is 2. The molecule has 0 atom stereocenters. The Balaban J connectivity index is 1.45. The Hall–Kier alpha value is -3.98. The van der Waals surface area contributed by atoms with E-state index in [1.807, 2.05) is 19.3 Å². The predicted molar refractivity (Wildman–Crippen MR) is 127 cm³/mol. The molecule has 0 saturated heterocycles. The zero-order valence-corrected chi connectivity index (χ0v) is 19.1. The number of halogens is 1. The van der Waals surface area contributed by atoms with Crippen molar-refractivity contribution in [2.75, 3.05) is 0 Å². The summed E-state index contributed by atoms with van der Waals surface area (Å²) in [6.07, 6.45) is 6.91. The molecule has 168 valence electrons. The summed E-state index contributed by atoms with van der Waals surface area (Å²) in [5, 5.41) is 9.68. The number of ether oxygens (including phenoxy) is 1. The molecule has 4 aromatic rings. The maximum atomic E-state index is 13.9. The number of hydrogen-bond donors (Lipinski definition) is 0. The number of hydrogen-bond acceptors (Lipinski definition) is 4. The van der Waals surface area contributed by atoms with Gasteiger partial charge in [-0.1, -0.05) is 18.2 Å². The third-order valence-corrected chi connectivity index (χ3v) is 6.76. The summed E-state index contributed by atoms with van der Waals surface area (Å²) in [5.74, 6) is 0.628. The van der Waals surface area contributed by atoms with E-state index in [0.717, 1.165) is 45.6 Å². The lowest BCUT2D eigenvalue weighted by molar-refractivity contribution is 0.305. The molecule has 0 N–H and O–H groups in total. The van der Waals surface area contributed by atoms with Gasteiger partial charge in [0.1, 0.15) is 18.2 Å². The second-order valence-corrected chi connectivity index (χ2v) is 9.13. The van der Waals surface area contributed by atoms with Crippen LogP contribution in [0.5, 0.6) is 5.75 Å². The maximum absolute atomic E-state index is 13.9. The molecule has 0 spiro atoms. The van der Waals surface area contributed by atoms with E-state index >= 15 is 0 Å². The summed E-state index contributed by atoms with van der Waals surface area (Å²) in [4.78, 5) is 9.37. The molecule has 3 heterocycles. The van der Waals surface area contributed by atoms with Crippen molar-refractivity contribution < 1.29 is 9.13 Å². The Morgan fingerprint density at radius 2 is 2.03 bits per heavy atom. The molecule has 1 aliphatic carbocycles. The molecule has 2 aromatic heterocycles. The predicted octanol–water partition coefficient (Wildman–Crippen LogP) is 5.88. The van der Waals surface area contributed by atoms with E-state index in [4.69, 9.17) is 9.72 Å². The number of nitriles is 1. The number of aryl methyl sites for hydroxylation is 1. The molecule has 1 fully saturated rings. The molecule has 0 unspecified atom stereocenters. The van der Waals surface area contributed by atoms with Crippen LogP contribution in [0.25, 0.3) is 11.2 Å². The van der Waals surface area contributed by atoms with Crippen LogP contribution in [0.1, 0.15) is 65.0 Å². The lowest BCUT2D eigenvalue weighted by Crippen LogP contribution is -2.02. The number of aromatic nitrogens is 3. The SMILES string of the molecule is C/C(C#N)=C1/c2ccc(Cc3c(C4CC4)nc4c(C)nccn34)cc2COc2cc(F)ccc21. The second-order valence-electron chi connectivity index (χ2n) is 9.13. The van der Waals surface area contributed by atoms with Crippen molar-refractivity contribution in [3.8, 4) is 11.8 Å². The van der Waals surface area contributed by atoms with Gasteiger partial charge in [0.15, 0.2) is 5.65 Å². The number of fused-ring (bicyclic) bond motifs is 3. The third-order valence-electron chi connectivity index (χ3n) is 6.76. The van der Waals surface area contributed by atoms with Crippen molar-refractivity contribution in [3.63, 3.8) is 0 Å². The van der Waals surface area contributed by atoms with Crippen LogP contribution in [-0.2, 0) is 13.0 Å². The highest BCUT2D eigenvalue weighted by molar-refractivity contribution is 5.88.